The molecule has 3 rings (SSSR count). The van der Waals surface area contributed by atoms with Crippen molar-refractivity contribution in [3.05, 3.63) is 45.7 Å². The molecule has 0 saturated carbocycles. The summed E-state index contributed by atoms with van der Waals surface area (Å²) in [5, 5.41) is 9.12. The smallest absolute Gasteiger partial charge is 0.309 e. The molecule has 2 heterocycles. The molecule has 7 heteroatoms. The molecule has 1 aromatic carbocycles. The molecule has 0 fully saturated rings. The third-order valence-corrected chi connectivity index (χ3v) is 3.92. The number of methoxy groups -OCH3 is 1. The Morgan fingerprint density at radius 1 is 1.40 bits per heavy atom. The van der Waals surface area contributed by atoms with Crippen LogP contribution in [0.5, 0.6) is 11.5 Å². The molecule has 0 spiro atoms. The second-order valence-electron chi connectivity index (χ2n) is 5.43. The number of pyridine rings is 1. The van der Waals surface area contributed by atoms with Crippen molar-refractivity contribution in [1.82, 2.24) is 4.98 Å². The molecule has 1 unspecified atom stereocenters. The minimum Gasteiger partial charge on any atom is -0.497 e. The number of carbonyl (C=O) groups excluding carboxylic acids is 1. The largest absolute Gasteiger partial charge is 0.497 e. The Balaban J connectivity index is 2.13. The molecule has 1 aliphatic rings. The van der Waals surface area contributed by atoms with E-state index in [0.717, 1.165) is 0 Å². The van der Waals surface area contributed by atoms with E-state index in [1.165, 1.54) is 13.2 Å². The molecule has 0 radical (unpaired) electrons. The maximum Gasteiger partial charge on any atom is 0.309 e. The summed E-state index contributed by atoms with van der Waals surface area (Å²) in [5.74, 6) is 0.657. The van der Waals surface area contributed by atoms with Crippen LogP contribution in [0.4, 0.5) is 0 Å². The van der Waals surface area contributed by atoms with Crippen molar-refractivity contribution < 1.29 is 19.0 Å². The molecule has 0 saturated heterocycles. The van der Waals surface area contributed by atoms with Gasteiger partial charge < -0.3 is 19.2 Å². The fourth-order valence-electron chi connectivity index (χ4n) is 2.78. The van der Waals surface area contributed by atoms with Crippen molar-refractivity contribution in [3.63, 3.8) is 0 Å². The molecule has 7 nitrogen and oxygen atoms in total. The Morgan fingerprint density at radius 3 is 2.88 bits per heavy atom. The molecule has 25 heavy (non-hydrogen) atoms. The van der Waals surface area contributed by atoms with Gasteiger partial charge in [-0.2, -0.15) is 5.26 Å². The van der Waals surface area contributed by atoms with Crippen LogP contribution in [0.3, 0.4) is 0 Å². The number of esters is 1. The zero-order valence-corrected chi connectivity index (χ0v) is 13.8. The van der Waals surface area contributed by atoms with E-state index in [0.29, 0.717) is 28.3 Å². The normalized spacial score (nSPS) is 14.5. The summed E-state index contributed by atoms with van der Waals surface area (Å²) in [6, 6.07) is 8.51. The lowest BCUT2D eigenvalue weighted by Gasteiger charge is -2.28. The van der Waals surface area contributed by atoms with Crippen molar-refractivity contribution >= 4 is 5.97 Å². The molecular formula is C18H16N2O5. The number of fused-ring (bicyclic) bond motifs is 3. The van der Waals surface area contributed by atoms with Crippen LogP contribution in [0.25, 0.3) is 11.3 Å². The topological polar surface area (TPSA) is 101 Å². The highest BCUT2D eigenvalue weighted by Crippen LogP contribution is 2.43. The molecular weight excluding hydrogens is 324 g/mol. The number of carbonyl (C=O) groups is 1. The van der Waals surface area contributed by atoms with Crippen LogP contribution in [-0.2, 0) is 9.53 Å². The minimum absolute atomic E-state index is 0.0333. The first-order chi connectivity index (χ1) is 12.1. The van der Waals surface area contributed by atoms with Crippen LogP contribution >= 0.6 is 0 Å². The third-order valence-electron chi connectivity index (χ3n) is 3.92. The summed E-state index contributed by atoms with van der Waals surface area (Å²) in [5.41, 5.74) is 1.24. The molecule has 0 amide bonds. The molecule has 1 atom stereocenters. The molecule has 0 aliphatic carbocycles. The molecule has 2 aromatic rings. The number of H-pyrrole nitrogens is 1. The fourth-order valence-corrected chi connectivity index (χ4v) is 2.78. The maximum absolute atomic E-state index is 12.1. The number of nitrogens with zero attached hydrogens (tertiary/aromatic N) is 1. The number of aromatic nitrogens is 1. The highest BCUT2D eigenvalue weighted by molar-refractivity contribution is 5.76. The van der Waals surface area contributed by atoms with Crippen LogP contribution in [0.2, 0.25) is 0 Å². The van der Waals surface area contributed by atoms with E-state index in [1.807, 2.05) is 6.07 Å². The van der Waals surface area contributed by atoms with E-state index in [2.05, 4.69) is 4.98 Å². The molecule has 128 valence electrons. The summed E-state index contributed by atoms with van der Waals surface area (Å²) < 4.78 is 16.1. The van der Waals surface area contributed by atoms with Gasteiger partial charge in [0.05, 0.1) is 25.8 Å². The van der Waals surface area contributed by atoms with Gasteiger partial charge in [0.25, 0.3) is 5.56 Å². The van der Waals surface area contributed by atoms with E-state index in [1.54, 1.807) is 25.1 Å². The lowest BCUT2D eigenvalue weighted by Crippen LogP contribution is -2.23. The van der Waals surface area contributed by atoms with Crippen LogP contribution in [-0.4, -0.2) is 24.7 Å². The van der Waals surface area contributed by atoms with Crippen LogP contribution < -0.4 is 15.0 Å². The van der Waals surface area contributed by atoms with Crippen molar-refractivity contribution in [1.29, 1.82) is 5.26 Å². The number of aromatic amines is 1. The van der Waals surface area contributed by atoms with Gasteiger partial charge in [0.1, 0.15) is 29.2 Å². The summed E-state index contributed by atoms with van der Waals surface area (Å²) in [6.45, 7) is 1.98. The second kappa shape index (κ2) is 6.69. The Bertz CT molecular complexity index is 926. The average Bonchev–Trinajstić information content (AvgIpc) is 2.61. The zero-order chi connectivity index (χ0) is 18.0. The highest BCUT2D eigenvalue weighted by atomic mass is 16.5. The Hall–Kier alpha value is -3.27. The molecule has 0 bridgehead atoms. The number of ether oxygens (including phenoxy) is 3. The minimum atomic E-state index is -0.669. The Kier molecular flexibility index (Phi) is 4.44. The van der Waals surface area contributed by atoms with Gasteiger partial charge in [0.2, 0.25) is 0 Å². The number of benzene rings is 1. The van der Waals surface area contributed by atoms with E-state index in [9.17, 15) is 9.59 Å². The van der Waals surface area contributed by atoms with Crippen molar-refractivity contribution in [2.75, 3.05) is 13.7 Å². The van der Waals surface area contributed by atoms with Crippen LogP contribution in [0.1, 0.15) is 30.6 Å². The van der Waals surface area contributed by atoms with Crippen LogP contribution in [0.15, 0.2) is 29.1 Å². The van der Waals surface area contributed by atoms with Crippen molar-refractivity contribution in [2.45, 2.75) is 19.4 Å². The fraction of sp³-hybridized carbons (Fsp3) is 0.278. The first-order valence-corrected chi connectivity index (χ1v) is 7.75. The molecule has 1 aromatic heterocycles. The van der Waals surface area contributed by atoms with Crippen molar-refractivity contribution in [2.24, 2.45) is 0 Å². The predicted octanol–water partition coefficient (Wildman–Crippen LogP) is 2.31. The van der Waals surface area contributed by atoms with E-state index >= 15 is 0 Å². The summed E-state index contributed by atoms with van der Waals surface area (Å²) in [4.78, 5) is 26.7. The monoisotopic (exact) mass is 340 g/mol. The highest BCUT2D eigenvalue weighted by Gasteiger charge is 2.30. The Labute approximate surface area is 143 Å². The second-order valence-corrected chi connectivity index (χ2v) is 5.43. The van der Waals surface area contributed by atoms with E-state index < -0.39 is 17.6 Å². The predicted molar refractivity (Wildman–Crippen MR) is 88.4 cm³/mol. The summed E-state index contributed by atoms with van der Waals surface area (Å²) in [7, 11) is 1.54. The van der Waals surface area contributed by atoms with Crippen LogP contribution in [0, 0.1) is 11.3 Å². The van der Waals surface area contributed by atoms with Gasteiger partial charge >= 0.3 is 5.97 Å². The quantitative estimate of drug-likeness (QED) is 0.857. The number of hydrogen-bond donors (Lipinski definition) is 1. The van der Waals surface area contributed by atoms with E-state index in [-0.39, 0.29) is 18.6 Å². The maximum atomic E-state index is 12.1. The lowest BCUT2D eigenvalue weighted by molar-refractivity contribution is -0.145. The average molecular weight is 340 g/mol. The zero-order valence-electron chi connectivity index (χ0n) is 13.8. The van der Waals surface area contributed by atoms with Gasteiger partial charge in [0, 0.05) is 17.2 Å². The number of hydrogen-bond acceptors (Lipinski definition) is 6. The van der Waals surface area contributed by atoms with Gasteiger partial charge in [-0.3, -0.25) is 9.59 Å². The van der Waals surface area contributed by atoms with Crippen molar-refractivity contribution in [3.8, 4) is 28.8 Å². The van der Waals surface area contributed by atoms with Gasteiger partial charge in [-0.25, -0.2) is 0 Å². The number of rotatable bonds is 4. The number of nitriles is 1. The summed E-state index contributed by atoms with van der Waals surface area (Å²) >= 11 is 0. The SMILES string of the molecule is CCOC(=O)CC1Oc2cc(OC)ccc2-c2[nH]c(=O)c(C#N)cc21. The van der Waals surface area contributed by atoms with Gasteiger partial charge in [-0.1, -0.05) is 0 Å². The first kappa shape index (κ1) is 16.6. The van der Waals surface area contributed by atoms with Gasteiger partial charge in [-0.15, -0.1) is 0 Å². The Morgan fingerprint density at radius 2 is 2.20 bits per heavy atom. The molecule has 1 aliphatic heterocycles. The van der Waals surface area contributed by atoms with Gasteiger partial charge in [-0.05, 0) is 25.1 Å². The lowest BCUT2D eigenvalue weighted by atomic mass is 9.94. The molecule has 1 N–H and O–H groups in total. The first-order valence-electron chi connectivity index (χ1n) is 7.75. The van der Waals surface area contributed by atoms with Gasteiger partial charge in [0.15, 0.2) is 0 Å². The third kappa shape index (κ3) is 3.06. The number of nitrogens with one attached hydrogen (secondary N) is 1. The summed E-state index contributed by atoms with van der Waals surface area (Å²) in [6.07, 6.45) is -0.702. The standard InChI is InChI=1S/C18H16N2O5/c1-3-24-16(21)8-15-13-6-10(9-19)18(22)20-17(13)12-5-4-11(23-2)7-14(12)25-15/h4-7,15H,3,8H2,1-2H3,(H,20,22). The van der Waals surface area contributed by atoms with E-state index in [4.69, 9.17) is 19.5 Å².